The Hall–Kier alpha value is -1.91. The SMILES string of the molecule is O=C(NCC1=NCCN1)c1ccccn1. The molecule has 1 amide bonds. The molecule has 0 aromatic carbocycles. The maximum atomic E-state index is 11.5. The van der Waals surface area contributed by atoms with E-state index in [1.54, 1.807) is 24.4 Å². The van der Waals surface area contributed by atoms with Crippen molar-refractivity contribution in [3.8, 4) is 0 Å². The van der Waals surface area contributed by atoms with Gasteiger partial charge in [-0.1, -0.05) is 6.07 Å². The van der Waals surface area contributed by atoms with E-state index < -0.39 is 0 Å². The van der Waals surface area contributed by atoms with E-state index in [9.17, 15) is 4.79 Å². The maximum absolute atomic E-state index is 11.5. The highest BCUT2D eigenvalue weighted by molar-refractivity contribution is 5.96. The average molecular weight is 204 g/mol. The Labute approximate surface area is 87.6 Å². The molecule has 0 atom stereocenters. The molecule has 1 aliphatic rings. The second-order valence-electron chi connectivity index (χ2n) is 3.15. The quantitative estimate of drug-likeness (QED) is 0.717. The molecule has 15 heavy (non-hydrogen) atoms. The van der Waals surface area contributed by atoms with Gasteiger partial charge >= 0.3 is 0 Å². The number of hydrogen-bond acceptors (Lipinski definition) is 4. The number of carbonyl (C=O) groups excluding carboxylic acids is 1. The third kappa shape index (κ3) is 2.52. The first-order chi connectivity index (χ1) is 7.36. The Bertz CT molecular complexity index is 374. The molecular weight excluding hydrogens is 192 g/mol. The number of rotatable bonds is 3. The van der Waals surface area contributed by atoms with Crippen molar-refractivity contribution in [2.75, 3.05) is 19.6 Å². The van der Waals surface area contributed by atoms with Crippen molar-refractivity contribution in [3.05, 3.63) is 30.1 Å². The highest BCUT2D eigenvalue weighted by atomic mass is 16.1. The van der Waals surface area contributed by atoms with E-state index in [1.807, 2.05) is 0 Å². The topological polar surface area (TPSA) is 66.4 Å². The normalized spacial score (nSPS) is 14.3. The molecule has 1 aliphatic heterocycles. The maximum Gasteiger partial charge on any atom is 0.270 e. The zero-order chi connectivity index (χ0) is 10.5. The largest absolute Gasteiger partial charge is 0.370 e. The molecule has 0 saturated carbocycles. The standard InChI is InChI=1S/C10H12N4O/c15-10(8-3-1-2-4-11-8)14-7-9-12-5-6-13-9/h1-4H,5-7H2,(H,12,13)(H,14,15). The summed E-state index contributed by atoms with van der Waals surface area (Å²) in [7, 11) is 0. The van der Waals surface area contributed by atoms with E-state index in [1.165, 1.54) is 0 Å². The molecule has 0 radical (unpaired) electrons. The van der Waals surface area contributed by atoms with Gasteiger partial charge in [-0.3, -0.25) is 14.8 Å². The van der Waals surface area contributed by atoms with Crippen LogP contribution in [0.15, 0.2) is 29.4 Å². The molecule has 5 nitrogen and oxygen atoms in total. The smallest absolute Gasteiger partial charge is 0.270 e. The fraction of sp³-hybridized carbons (Fsp3) is 0.300. The van der Waals surface area contributed by atoms with Crippen LogP contribution < -0.4 is 10.6 Å². The van der Waals surface area contributed by atoms with Gasteiger partial charge in [0.2, 0.25) is 0 Å². The van der Waals surface area contributed by atoms with Gasteiger partial charge in [-0.2, -0.15) is 0 Å². The van der Waals surface area contributed by atoms with Crippen LogP contribution in [0.2, 0.25) is 0 Å². The van der Waals surface area contributed by atoms with Gasteiger partial charge in [0, 0.05) is 12.7 Å². The summed E-state index contributed by atoms with van der Waals surface area (Å²) >= 11 is 0. The lowest BCUT2D eigenvalue weighted by molar-refractivity contribution is 0.0954. The van der Waals surface area contributed by atoms with E-state index in [0.29, 0.717) is 12.2 Å². The number of nitrogens with one attached hydrogen (secondary N) is 2. The van der Waals surface area contributed by atoms with Gasteiger partial charge in [0.15, 0.2) is 0 Å². The fourth-order valence-corrected chi connectivity index (χ4v) is 1.32. The van der Waals surface area contributed by atoms with Crippen LogP contribution in [0.4, 0.5) is 0 Å². The van der Waals surface area contributed by atoms with Gasteiger partial charge in [0.25, 0.3) is 5.91 Å². The number of hydrogen-bond donors (Lipinski definition) is 2. The first kappa shape index (κ1) is 9.64. The lowest BCUT2D eigenvalue weighted by Gasteiger charge is -2.04. The van der Waals surface area contributed by atoms with Gasteiger partial charge < -0.3 is 10.6 Å². The van der Waals surface area contributed by atoms with Crippen LogP contribution in [0, 0.1) is 0 Å². The van der Waals surface area contributed by atoms with Crippen LogP contribution in [0.3, 0.4) is 0 Å². The van der Waals surface area contributed by atoms with Gasteiger partial charge in [0.1, 0.15) is 11.5 Å². The third-order valence-corrected chi connectivity index (χ3v) is 2.06. The second kappa shape index (κ2) is 4.54. The first-order valence-electron chi connectivity index (χ1n) is 4.83. The molecule has 1 aromatic heterocycles. The van der Waals surface area contributed by atoms with E-state index >= 15 is 0 Å². The minimum Gasteiger partial charge on any atom is -0.370 e. The predicted molar refractivity (Wildman–Crippen MR) is 56.9 cm³/mol. The number of nitrogens with zero attached hydrogens (tertiary/aromatic N) is 2. The van der Waals surface area contributed by atoms with Gasteiger partial charge in [-0.25, -0.2) is 0 Å². The third-order valence-electron chi connectivity index (χ3n) is 2.06. The van der Waals surface area contributed by atoms with Crippen LogP contribution in [-0.2, 0) is 0 Å². The summed E-state index contributed by atoms with van der Waals surface area (Å²) in [6.45, 7) is 2.08. The number of pyridine rings is 1. The molecule has 78 valence electrons. The molecule has 2 rings (SSSR count). The van der Waals surface area contributed by atoms with Crippen molar-refractivity contribution >= 4 is 11.7 Å². The zero-order valence-electron chi connectivity index (χ0n) is 8.23. The lowest BCUT2D eigenvalue weighted by Crippen LogP contribution is -2.35. The summed E-state index contributed by atoms with van der Waals surface area (Å²) in [4.78, 5) is 19.7. The molecule has 5 heteroatoms. The summed E-state index contributed by atoms with van der Waals surface area (Å²) in [5.41, 5.74) is 0.427. The molecule has 0 spiro atoms. The van der Waals surface area contributed by atoms with E-state index in [2.05, 4.69) is 20.6 Å². The Morgan fingerprint density at radius 2 is 2.47 bits per heavy atom. The van der Waals surface area contributed by atoms with Crippen molar-refractivity contribution in [1.82, 2.24) is 15.6 Å². The summed E-state index contributed by atoms with van der Waals surface area (Å²) < 4.78 is 0. The fourth-order valence-electron chi connectivity index (χ4n) is 1.32. The number of amidine groups is 1. The van der Waals surface area contributed by atoms with Crippen LogP contribution in [-0.4, -0.2) is 36.4 Å². The van der Waals surface area contributed by atoms with Crippen LogP contribution >= 0.6 is 0 Å². The monoisotopic (exact) mass is 204 g/mol. The molecule has 0 bridgehead atoms. The van der Waals surface area contributed by atoms with Crippen molar-refractivity contribution in [1.29, 1.82) is 0 Å². The van der Waals surface area contributed by atoms with Gasteiger partial charge in [-0.05, 0) is 12.1 Å². The number of carbonyl (C=O) groups is 1. The molecule has 0 aliphatic carbocycles. The molecule has 0 unspecified atom stereocenters. The summed E-state index contributed by atoms with van der Waals surface area (Å²) in [6, 6.07) is 5.24. The number of aliphatic imine (C=N–C) groups is 1. The summed E-state index contributed by atoms with van der Waals surface area (Å²) in [5.74, 6) is 0.659. The molecular formula is C10H12N4O. The van der Waals surface area contributed by atoms with E-state index in [4.69, 9.17) is 0 Å². The number of aromatic nitrogens is 1. The van der Waals surface area contributed by atoms with E-state index in [0.717, 1.165) is 18.9 Å². The Balaban J connectivity index is 1.87. The first-order valence-corrected chi connectivity index (χ1v) is 4.83. The summed E-state index contributed by atoms with van der Waals surface area (Å²) in [6.07, 6.45) is 1.60. The molecule has 2 heterocycles. The van der Waals surface area contributed by atoms with Crippen LogP contribution in [0.5, 0.6) is 0 Å². The van der Waals surface area contributed by atoms with Gasteiger partial charge in [0.05, 0.1) is 13.1 Å². The zero-order valence-corrected chi connectivity index (χ0v) is 8.23. The van der Waals surface area contributed by atoms with E-state index in [-0.39, 0.29) is 5.91 Å². The van der Waals surface area contributed by atoms with Crippen molar-refractivity contribution in [2.45, 2.75) is 0 Å². The lowest BCUT2D eigenvalue weighted by atomic mass is 10.3. The Morgan fingerprint density at radius 1 is 1.53 bits per heavy atom. The summed E-state index contributed by atoms with van der Waals surface area (Å²) in [5, 5.41) is 5.82. The second-order valence-corrected chi connectivity index (χ2v) is 3.15. The van der Waals surface area contributed by atoms with Crippen molar-refractivity contribution < 1.29 is 4.79 Å². The molecule has 0 fully saturated rings. The predicted octanol–water partition coefficient (Wildman–Crippen LogP) is -0.187. The van der Waals surface area contributed by atoms with Crippen molar-refractivity contribution in [2.24, 2.45) is 4.99 Å². The molecule has 2 N–H and O–H groups in total. The highest BCUT2D eigenvalue weighted by Crippen LogP contribution is 1.92. The van der Waals surface area contributed by atoms with Crippen molar-refractivity contribution in [3.63, 3.8) is 0 Å². The Morgan fingerprint density at radius 3 is 3.13 bits per heavy atom. The molecule has 0 saturated heterocycles. The Kier molecular flexibility index (Phi) is 2.92. The average Bonchev–Trinajstić information content (AvgIpc) is 2.80. The van der Waals surface area contributed by atoms with Crippen LogP contribution in [0.1, 0.15) is 10.5 Å². The highest BCUT2D eigenvalue weighted by Gasteiger charge is 2.08. The van der Waals surface area contributed by atoms with Gasteiger partial charge in [-0.15, -0.1) is 0 Å². The van der Waals surface area contributed by atoms with Crippen LogP contribution in [0.25, 0.3) is 0 Å². The minimum atomic E-state index is -0.174. The minimum absolute atomic E-state index is 0.174. The number of amides is 1. The molecule has 1 aromatic rings.